The minimum absolute atomic E-state index is 0.183. The third kappa shape index (κ3) is 4.24. The maximum absolute atomic E-state index is 5.48. The summed E-state index contributed by atoms with van der Waals surface area (Å²) < 4.78 is 20.7. The number of hydrogen-bond acceptors (Lipinski definition) is 4. The van der Waals surface area contributed by atoms with E-state index in [-0.39, 0.29) is 13.6 Å². The molecular weight excluding hydrogens is 232 g/mol. The molecule has 98 valence electrons. The van der Waals surface area contributed by atoms with Crippen molar-refractivity contribution >= 4 is 6.08 Å². The van der Waals surface area contributed by atoms with Crippen LogP contribution < -0.4 is 9.47 Å². The van der Waals surface area contributed by atoms with Gasteiger partial charge < -0.3 is 18.9 Å². The smallest absolute Gasteiger partial charge is 0.188 e. The van der Waals surface area contributed by atoms with Crippen molar-refractivity contribution in [1.29, 1.82) is 0 Å². The van der Waals surface area contributed by atoms with Crippen LogP contribution in [0.15, 0.2) is 36.9 Å². The summed E-state index contributed by atoms with van der Waals surface area (Å²) in [5.74, 6) is 1.37. The van der Waals surface area contributed by atoms with E-state index in [1.807, 2.05) is 30.4 Å². The fourth-order valence-corrected chi connectivity index (χ4v) is 1.35. The molecule has 0 N–H and O–H groups in total. The van der Waals surface area contributed by atoms with Gasteiger partial charge in [0.2, 0.25) is 0 Å². The van der Waals surface area contributed by atoms with Crippen molar-refractivity contribution in [1.82, 2.24) is 0 Å². The molecule has 0 spiro atoms. The highest BCUT2D eigenvalue weighted by atomic mass is 16.7. The van der Waals surface area contributed by atoms with Crippen LogP contribution in [0, 0.1) is 0 Å². The third-order valence-electron chi connectivity index (χ3n) is 2.09. The Hall–Kier alpha value is -1.78. The predicted octanol–water partition coefficient (Wildman–Crippen LogP) is 2.85. The molecule has 0 atom stereocenters. The molecule has 0 heterocycles. The van der Waals surface area contributed by atoms with Crippen LogP contribution >= 0.6 is 0 Å². The van der Waals surface area contributed by atoms with E-state index < -0.39 is 0 Å². The summed E-state index contributed by atoms with van der Waals surface area (Å²) in [4.78, 5) is 0. The summed E-state index contributed by atoms with van der Waals surface area (Å²) in [5.41, 5.74) is 0.825. The van der Waals surface area contributed by atoms with Gasteiger partial charge in [-0.15, -0.1) is 0 Å². The number of allylic oxidation sites excluding steroid dienone is 2. The molecule has 0 radical (unpaired) electrons. The van der Waals surface area contributed by atoms with E-state index in [2.05, 4.69) is 6.58 Å². The first kappa shape index (κ1) is 14.3. The largest absolute Gasteiger partial charge is 0.467 e. The van der Waals surface area contributed by atoms with Gasteiger partial charge in [-0.3, -0.25) is 0 Å². The van der Waals surface area contributed by atoms with Crippen LogP contribution in [-0.2, 0) is 9.47 Å². The highest BCUT2D eigenvalue weighted by Crippen LogP contribution is 2.30. The van der Waals surface area contributed by atoms with Gasteiger partial charge in [0.1, 0.15) is 11.5 Å². The molecule has 0 aliphatic rings. The average molecular weight is 250 g/mol. The van der Waals surface area contributed by atoms with Crippen LogP contribution in [0.2, 0.25) is 0 Å². The summed E-state index contributed by atoms with van der Waals surface area (Å²) in [7, 11) is 3.15. The normalized spacial score (nSPS) is 10.6. The Balaban J connectivity index is 2.99. The highest BCUT2D eigenvalue weighted by Gasteiger charge is 2.08. The maximum atomic E-state index is 5.48. The predicted molar refractivity (Wildman–Crippen MR) is 70.7 cm³/mol. The molecule has 0 aliphatic heterocycles. The fourth-order valence-electron chi connectivity index (χ4n) is 1.35. The Morgan fingerprint density at radius 3 is 2.06 bits per heavy atom. The Morgan fingerprint density at radius 1 is 1.06 bits per heavy atom. The first-order chi connectivity index (χ1) is 8.83. The number of benzene rings is 1. The summed E-state index contributed by atoms with van der Waals surface area (Å²) in [6.07, 6.45) is 5.37. The average Bonchev–Trinajstić information content (AvgIpc) is 2.41. The molecule has 0 fully saturated rings. The van der Waals surface area contributed by atoms with Gasteiger partial charge in [0, 0.05) is 14.2 Å². The second kappa shape index (κ2) is 8.33. The lowest BCUT2D eigenvalue weighted by molar-refractivity contribution is 0.0457. The quantitative estimate of drug-likeness (QED) is 0.525. The van der Waals surface area contributed by atoms with E-state index in [1.165, 1.54) is 0 Å². The van der Waals surface area contributed by atoms with Gasteiger partial charge in [0.15, 0.2) is 13.6 Å². The second-order valence-electron chi connectivity index (χ2n) is 3.36. The Kier molecular flexibility index (Phi) is 6.61. The van der Waals surface area contributed by atoms with E-state index >= 15 is 0 Å². The van der Waals surface area contributed by atoms with Gasteiger partial charge >= 0.3 is 0 Å². The van der Waals surface area contributed by atoms with Crippen LogP contribution in [0.1, 0.15) is 5.56 Å². The van der Waals surface area contributed by atoms with Crippen LogP contribution in [0.3, 0.4) is 0 Å². The first-order valence-electron chi connectivity index (χ1n) is 5.49. The first-order valence-corrected chi connectivity index (χ1v) is 5.49. The van der Waals surface area contributed by atoms with E-state index in [1.54, 1.807) is 20.3 Å². The summed E-state index contributed by atoms with van der Waals surface area (Å²) in [6.45, 7) is 4.01. The summed E-state index contributed by atoms with van der Waals surface area (Å²) >= 11 is 0. The monoisotopic (exact) mass is 250 g/mol. The fraction of sp³-hybridized carbons (Fsp3) is 0.286. The summed E-state index contributed by atoms with van der Waals surface area (Å²) in [6, 6.07) is 5.55. The van der Waals surface area contributed by atoms with Crippen molar-refractivity contribution in [3.8, 4) is 11.5 Å². The molecule has 0 unspecified atom stereocenters. The number of ether oxygens (including phenoxy) is 4. The molecule has 1 aromatic carbocycles. The van der Waals surface area contributed by atoms with Gasteiger partial charge in [-0.05, 0) is 18.2 Å². The third-order valence-corrected chi connectivity index (χ3v) is 2.09. The Bertz CT molecular complexity index is 373. The zero-order valence-electron chi connectivity index (χ0n) is 10.7. The Morgan fingerprint density at radius 2 is 1.61 bits per heavy atom. The topological polar surface area (TPSA) is 36.9 Å². The minimum atomic E-state index is 0.183. The van der Waals surface area contributed by atoms with Crippen molar-refractivity contribution in [3.05, 3.63) is 42.5 Å². The van der Waals surface area contributed by atoms with Gasteiger partial charge in [-0.1, -0.05) is 24.8 Å². The van der Waals surface area contributed by atoms with Crippen LogP contribution in [-0.4, -0.2) is 27.8 Å². The zero-order chi connectivity index (χ0) is 13.2. The standard InChI is InChI=1S/C14H18O4/c1-4-5-7-12-13(17-10-15-2)8-6-9-14(12)18-11-16-3/h4-9H,1,10-11H2,2-3H3. The van der Waals surface area contributed by atoms with Crippen LogP contribution in [0.25, 0.3) is 6.08 Å². The highest BCUT2D eigenvalue weighted by molar-refractivity contribution is 5.65. The lowest BCUT2D eigenvalue weighted by Crippen LogP contribution is -2.04. The van der Waals surface area contributed by atoms with Crippen molar-refractivity contribution < 1.29 is 18.9 Å². The molecule has 1 aromatic rings. The Labute approximate surface area is 107 Å². The lowest BCUT2D eigenvalue weighted by Gasteiger charge is -2.13. The molecule has 4 nitrogen and oxygen atoms in total. The van der Waals surface area contributed by atoms with Crippen molar-refractivity contribution in [2.75, 3.05) is 27.8 Å². The molecule has 0 aliphatic carbocycles. The van der Waals surface area contributed by atoms with Crippen molar-refractivity contribution in [2.45, 2.75) is 0 Å². The van der Waals surface area contributed by atoms with Gasteiger partial charge in [-0.2, -0.15) is 0 Å². The molecule has 0 saturated carbocycles. The number of hydrogen-bond donors (Lipinski definition) is 0. The van der Waals surface area contributed by atoms with E-state index in [4.69, 9.17) is 18.9 Å². The number of rotatable bonds is 8. The molecular formula is C14H18O4. The van der Waals surface area contributed by atoms with E-state index in [0.717, 1.165) is 5.56 Å². The van der Waals surface area contributed by atoms with Crippen LogP contribution in [0.4, 0.5) is 0 Å². The summed E-state index contributed by atoms with van der Waals surface area (Å²) in [5, 5.41) is 0. The SMILES string of the molecule is C=CC=Cc1c(OCOC)cccc1OCOC. The van der Waals surface area contributed by atoms with Gasteiger partial charge in [0.05, 0.1) is 5.56 Å². The van der Waals surface area contributed by atoms with E-state index in [9.17, 15) is 0 Å². The molecule has 0 aromatic heterocycles. The van der Waals surface area contributed by atoms with Crippen molar-refractivity contribution in [2.24, 2.45) is 0 Å². The zero-order valence-corrected chi connectivity index (χ0v) is 10.7. The molecule has 0 bridgehead atoms. The minimum Gasteiger partial charge on any atom is -0.467 e. The van der Waals surface area contributed by atoms with E-state index in [0.29, 0.717) is 11.5 Å². The maximum Gasteiger partial charge on any atom is 0.188 e. The molecule has 0 amide bonds. The van der Waals surface area contributed by atoms with Crippen molar-refractivity contribution in [3.63, 3.8) is 0 Å². The van der Waals surface area contributed by atoms with Gasteiger partial charge in [-0.25, -0.2) is 0 Å². The molecule has 1 rings (SSSR count). The second-order valence-corrected chi connectivity index (χ2v) is 3.36. The molecule has 4 heteroatoms. The number of methoxy groups -OCH3 is 2. The van der Waals surface area contributed by atoms with Crippen LogP contribution in [0.5, 0.6) is 11.5 Å². The lowest BCUT2D eigenvalue weighted by atomic mass is 10.1. The molecule has 0 saturated heterocycles. The van der Waals surface area contributed by atoms with Gasteiger partial charge in [0.25, 0.3) is 0 Å². The molecule has 18 heavy (non-hydrogen) atoms.